The van der Waals surface area contributed by atoms with Crippen LogP contribution in [0.3, 0.4) is 0 Å². The van der Waals surface area contributed by atoms with Crippen molar-refractivity contribution in [3.8, 4) is 6.07 Å². The molecule has 1 saturated heterocycles. The van der Waals surface area contributed by atoms with Crippen molar-refractivity contribution in [1.29, 1.82) is 5.26 Å². The Kier molecular flexibility index (Phi) is 7.44. The molecule has 3 heterocycles. The van der Waals surface area contributed by atoms with Crippen LogP contribution >= 0.6 is 11.3 Å². The molecule has 3 N–H and O–H groups in total. The van der Waals surface area contributed by atoms with Crippen LogP contribution < -0.4 is 16.0 Å². The first-order valence-electron chi connectivity index (χ1n) is 11.8. The van der Waals surface area contributed by atoms with Gasteiger partial charge in [-0.25, -0.2) is 9.97 Å². The summed E-state index contributed by atoms with van der Waals surface area (Å²) in [5.41, 5.74) is 11.9. The van der Waals surface area contributed by atoms with E-state index >= 15 is 0 Å². The first-order valence-corrected chi connectivity index (χ1v) is 12.6. The van der Waals surface area contributed by atoms with Crippen molar-refractivity contribution < 1.29 is 17.1 Å². The number of nitrogens with two attached hydrogens (primary N) is 1. The van der Waals surface area contributed by atoms with Gasteiger partial charge in [-0.05, 0) is 62.3 Å². The summed E-state index contributed by atoms with van der Waals surface area (Å²) in [7, 11) is 1.85. The molecular formula is C25H30MnN7S-. The van der Waals surface area contributed by atoms with Gasteiger partial charge in [-0.15, -0.1) is 10.4 Å². The summed E-state index contributed by atoms with van der Waals surface area (Å²) in [5.74, 6) is 0.731. The van der Waals surface area contributed by atoms with Gasteiger partial charge in [-0.2, -0.15) is 0 Å². The first-order chi connectivity index (χ1) is 16.1. The van der Waals surface area contributed by atoms with Gasteiger partial charge in [0, 0.05) is 55.2 Å². The van der Waals surface area contributed by atoms with E-state index in [9.17, 15) is 5.26 Å². The van der Waals surface area contributed by atoms with Crippen molar-refractivity contribution in [2.45, 2.75) is 56.9 Å². The molecule has 1 spiro atoms. The van der Waals surface area contributed by atoms with E-state index in [0.29, 0.717) is 17.3 Å². The van der Waals surface area contributed by atoms with Gasteiger partial charge in [0.2, 0.25) is 5.95 Å². The summed E-state index contributed by atoms with van der Waals surface area (Å²) in [5, 5.41) is 16.5. The van der Waals surface area contributed by atoms with Gasteiger partial charge < -0.3 is 16.0 Å². The molecule has 1 unspecified atom stereocenters. The van der Waals surface area contributed by atoms with Crippen molar-refractivity contribution >= 4 is 28.7 Å². The van der Waals surface area contributed by atoms with E-state index in [4.69, 9.17) is 15.7 Å². The largest absolute Gasteiger partial charge is 0.397 e. The molecule has 2 aromatic rings. The topological polar surface area (TPSA) is 103 Å². The monoisotopic (exact) mass is 515 g/mol. The number of hydrogen-bond donors (Lipinski definition) is 2. The maximum absolute atomic E-state index is 9.76. The number of nitrogens with zero attached hydrogens (tertiary/aromatic N) is 5. The van der Waals surface area contributed by atoms with Crippen LogP contribution in [0, 0.1) is 16.7 Å². The van der Waals surface area contributed by atoms with Gasteiger partial charge in [0.05, 0.1) is 11.4 Å². The molecule has 3 aliphatic rings. The van der Waals surface area contributed by atoms with E-state index in [1.807, 2.05) is 19.3 Å². The number of aryl methyl sites for hydroxylation is 1. The van der Waals surface area contributed by atoms with Crippen LogP contribution in [-0.2, 0) is 28.9 Å². The maximum atomic E-state index is 9.76. The van der Waals surface area contributed by atoms with Crippen LogP contribution in [0.25, 0.3) is 5.70 Å². The van der Waals surface area contributed by atoms with Gasteiger partial charge in [0.15, 0.2) is 0 Å². The summed E-state index contributed by atoms with van der Waals surface area (Å²) < 4.78 is 0. The number of nitrogens with one attached hydrogen (secondary N) is 1. The zero-order valence-electron chi connectivity index (χ0n) is 19.7. The molecular weight excluding hydrogens is 485 g/mol. The van der Waals surface area contributed by atoms with Crippen molar-refractivity contribution in [1.82, 2.24) is 15.3 Å². The average Bonchev–Trinajstić information content (AvgIpc) is 3.35. The van der Waals surface area contributed by atoms with E-state index in [1.165, 1.54) is 4.88 Å². The number of anilines is 1. The van der Waals surface area contributed by atoms with Crippen LogP contribution in [-0.4, -0.2) is 48.4 Å². The van der Waals surface area contributed by atoms with Crippen molar-refractivity contribution in [2.75, 3.05) is 31.6 Å². The Morgan fingerprint density at radius 3 is 3.03 bits per heavy atom. The number of nitriles is 1. The SMILES string of the molecule is CN=C1/C(=C(\N)c2ccnc(N3CCCNC[C@@H]3C)n2)CCC12CCCc1s[c-]c(C#N)c12.[Mn]. The number of rotatable bonds is 2. The fraction of sp³-hybridized carbons (Fsp3) is 0.520. The molecule has 1 radical (unpaired) electrons. The van der Waals surface area contributed by atoms with Crippen molar-refractivity contribution in [3.05, 3.63) is 44.9 Å². The normalized spacial score (nSPS) is 27.1. The average molecular weight is 516 g/mol. The molecule has 2 atom stereocenters. The number of thiophene rings is 1. The molecule has 2 aliphatic carbocycles. The zero-order valence-corrected chi connectivity index (χ0v) is 21.7. The van der Waals surface area contributed by atoms with Crippen molar-refractivity contribution in [3.63, 3.8) is 0 Å². The Labute approximate surface area is 216 Å². The van der Waals surface area contributed by atoms with E-state index in [0.717, 1.165) is 86.6 Å². The predicted octanol–water partition coefficient (Wildman–Crippen LogP) is 3.20. The quantitative estimate of drug-likeness (QED) is 0.470. The number of hydrogen-bond acceptors (Lipinski definition) is 8. The molecule has 34 heavy (non-hydrogen) atoms. The van der Waals surface area contributed by atoms with E-state index < -0.39 is 0 Å². The van der Waals surface area contributed by atoms with Crippen LogP contribution in [0.1, 0.15) is 60.7 Å². The van der Waals surface area contributed by atoms with Gasteiger partial charge in [-0.1, -0.05) is 23.8 Å². The molecule has 0 amide bonds. The number of aromatic nitrogens is 2. The minimum absolute atomic E-state index is 0. The van der Waals surface area contributed by atoms with Gasteiger partial charge in [0.1, 0.15) is 0 Å². The second-order valence-corrected chi connectivity index (χ2v) is 10.1. The number of fused-ring (bicyclic) bond motifs is 2. The zero-order chi connectivity index (χ0) is 23.0. The van der Waals surface area contributed by atoms with Crippen LogP contribution in [0.15, 0.2) is 22.8 Å². The minimum atomic E-state index is -0.231. The molecule has 7 nitrogen and oxygen atoms in total. The molecule has 1 aliphatic heterocycles. The van der Waals surface area contributed by atoms with Gasteiger partial charge in [-0.3, -0.25) is 21.6 Å². The molecule has 0 aromatic carbocycles. The third kappa shape index (κ3) is 4.07. The van der Waals surface area contributed by atoms with E-state index in [2.05, 4.69) is 33.6 Å². The Hall–Kier alpha value is -2.24. The first kappa shape index (κ1) is 24.9. The molecule has 0 bridgehead atoms. The second-order valence-electron chi connectivity index (χ2n) is 9.23. The Morgan fingerprint density at radius 2 is 2.24 bits per heavy atom. The Bertz CT molecular complexity index is 1160. The molecule has 2 fully saturated rings. The third-order valence-electron chi connectivity index (χ3n) is 7.39. The second kappa shape index (κ2) is 10.2. The molecule has 179 valence electrons. The maximum Gasteiger partial charge on any atom is 0.226 e. The summed E-state index contributed by atoms with van der Waals surface area (Å²) in [6.07, 6.45) is 7.74. The molecule has 9 heteroatoms. The fourth-order valence-corrected chi connectivity index (χ4v) is 6.88. The summed E-state index contributed by atoms with van der Waals surface area (Å²) in [6, 6.07) is 4.60. The molecule has 1 saturated carbocycles. The van der Waals surface area contributed by atoms with Gasteiger partial charge in [0.25, 0.3) is 0 Å². The third-order valence-corrected chi connectivity index (χ3v) is 8.35. The number of aliphatic imine (C=N–C) groups is 1. The van der Waals surface area contributed by atoms with Gasteiger partial charge >= 0.3 is 0 Å². The van der Waals surface area contributed by atoms with E-state index in [1.54, 1.807) is 11.3 Å². The van der Waals surface area contributed by atoms with Crippen LogP contribution in [0.2, 0.25) is 0 Å². The molecule has 5 rings (SSSR count). The number of allylic oxidation sites excluding steroid dienone is 1. The predicted molar refractivity (Wildman–Crippen MR) is 133 cm³/mol. The Balaban J connectivity index is 0.00000274. The van der Waals surface area contributed by atoms with Crippen LogP contribution in [0.5, 0.6) is 0 Å². The smallest absolute Gasteiger partial charge is 0.226 e. The standard InChI is InChI=1S/C25H30N7S.Mn/c1-16-14-29-10-4-12-32(16)24-30-11-7-19(31-24)22(27)18-6-9-25(23(18)28-2)8-3-5-20-21(25)17(13-26)15-33-20;/h7,11,16,29H,3-6,8-10,12,14,27H2,1-2H3;/q-1;/b22-18-,28-23?;/t16-,25?;/m0./s1. The molecule has 2 aromatic heterocycles. The van der Waals surface area contributed by atoms with E-state index in [-0.39, 0.29) is 22.5 Å². The Morgan fingerprint density at radius 1 is 1.38 bits per heavy atom. The fourth-order valence-electron chi connectivity index (χ4n) is 5.86. The summed E-state index contributed by atoms with van der Waals surface area (Å²) in [4.78, 5) is 17.8. The summed E-state index contributed by atoms with van der Waals surface area (Å²) in [6.45, 7) is 5.05. The van der Waals surface area contributed by atoms with Crippen LogP contribution in [0.4, 0.5) is 5.95 Å². The summed E-state index contributed by atoms with van der Waals surface area (Å²) >= 11 is 1.59. The minimum Gasteiger partial charge on any atom is -0.397 e. The van der Waals surface area contributed by atoms with Crippen molar-refractivity contribution in [2.24, 2.45) is 10.7 Å².